The summed E-state index contributed by atoms with van der Waals surface area (Å²) in [5, 5.41) is 1.22. The molecule has 2 aromatic rings. The van der Waals surface area contributed by atoms with Crippen molar-refractivity contribution >= 4 is 50.6 Å². The van der Waals surface area contributed by atoms with E-state index in [1.54, 1.807) is 24.3 Å². The Hall–Kier alpha value is -0.440. The molecule has 0 aliphatic heterocycles. The molecule has 0 spiro atoms. The topological polar surface area (TPSA) is 43.4 Å². The van der Waals surface area contributed by atoms with Crippen LogP contribution in [0.5, 0.6) is 0 Å². The predicted octanol–water partition coefficient (Wildman–Crippen LogP) is 4.85. The standard InChI is InChI=1S/C18H24O3P2S2/c19-22(13-7-15-24,17-9-3-1-4-10-17)21-23(20,14-8-16-25)18-11-5-2-6-12-18/h1-6,9-12,24-25H,7-8,13-16H2. The lowest BCUT2D eigenvalue weighted by atomic mass is 10.4. The molecule has 0 saturated carbocycles. The molecule has 7 heteroatoms. The lowest BCUT2D eigenvalue weighted by molar-refractivity contribution is 0.469. The molecule has 0 aliphatic rings. The van der Waals surface area contributed by atoms with Gasteiger partial charge in [-0.2, -0.15) is 25.3 Å². The molecule has 0 N–H and O–H groups in total. The first-order valence-electron chi connectivity index (χ1n) is 8.26. The Kier molecular flexibility index (Phi) is 8.38. The van der Waals surface area contributed by atoms with Crippen LogP contribution in [-0.4, -0.2) is 23.8 Å². The van der Waals surface area contributed by atoms with E-state index in [2.05, 4.69) is 25.3 Å². The van der Waals surface area contributed by atoms with Gasteiger partial charge in [-0.15, -0.1) is 0 Å². The van der Waals surface area contributed by atoms with Gasteiger partial charge >= 0.3 is 0 Å². The van der Waals surface area contributed by atoms with Crippen LogP contribution >= 0.6 is 40.0 Å². The molecule has 0 aliphatic carbocycles. The zero-order valence-electron chi connectivity index (χ0n) is 14.0. The normalized spacial score (nSPS) is 16.1. The fourth-order valence-electron chi connectivity index (χ4n) is 2.52. The van der Waals surface area contributed by atoms with Gasteiger partial charge in [0.05, 0.1) is 0 Å². The number of thiol groups is 2. The smallest absolute Gasteiger partial charge is 0.237 e. The second-order valence-corrected chi connectivity index (χ2v) is 11.9. The van der Waals surface area contributed by atoms with Crippen molar-refractivity contribution in [1.82, 2.24) is 0 Å². The number of hydrogen-bond donors (Lipinski definition) is 2. The van der Waals surface area contributed by atoms with Crippen molar-refractivity contribution in [1.29, 1.82) is 0 Å². The predicted molar refractivity (Wildman–Crippen MR) is 115 cm³/mol. The molecule has 0 saturated heterocycles. The summed E-state index contributed by atoms with van der Waals surface area (Å²) in [6, 6.07) is 18.2. The van der Waals surface area contributed by atoms with Crippen molar-refractivity contribution in [2.24, 2.45) is 0 Å². The van der Waals surface area contributed by atoms with Crippen LogP contribution in [0.1, 0.15) is 12.8 Å². The summed E-state index contributed by atoms with van der Waals surface area (Å²) in [6.45, 7) is 0. The van der Waals surface area contributed by atoms with Gasteiger partial charge in [0.25, 0.3) is 0 Å². The molecule has 3 nitrogen and oxygen atoms in total. The molecule has 2 atom stereocenters. The Balaban J connectivity index is 2.42. The molecule has 0 bridgehead atoms. The summed E-state index contributed by atoms with van der Waals surface area (Å²) in [4.78, 5) is 0. The Morgan fingerprint density at radius 1 is 0.680 bits per heavy atom. The van der Waals surface area contributed by atoms with Gasteiger partial charge in [-0.25, -0.2) is 0 Å². The molecule has 0 amide bonds. The zero-order valence-corrected chi connectivity index (χ0v) is 17.6. The lowest BCUT2D eigenvalue weighted by Gasteiger charge is -2.26. The molecule has 2 unspecified atom stereocenters. The summed E-state index contributed by atoms with van der Waals surface area (Å²) in [5.74, 6) is 1.21. The van der Waals surface area contributed by atoms with Crippen molar-refractivity contribution in [3.8, 4) is 0 Å². The first-order valence-corrected chi connectivity index (χ1v) is 13.1. The van der Waals surface area contributed by atoms with Crippen molar-refractivity contribution in [2.45, 2.75) is 12.8 Å². The van der Waals surface area contributed by atoms with Crippen molar-refractivity contribution in [3.63, 3.8) is 0 Å². The van der Waals surface area contributed by atoms with E-state index in [0.29, 0.717) is 47.3 Å². The summed E-state index contributed by atoms with van der Waals surface area (Å²) >= 11 is 8.45. The van der Waals surface area contributed by atoms with E-state index >= 15 is 0 Å². The third-order valence-corrected chi connectivity index (χ3v) is 10.5. The van der Waals surface area contributed by atoms with E-state index in [-0.39, 0.29) is 0 Å². The molecule has 0 heterocycles. The van der Waals surface area contributed by atoms with Gasteiger partial charge in [0, 0.05) is 22.9 Å². The maximum atomic E-state index is 13.7. The minimum atomic E-state index is -3.25. The van der Waals surface area contributed by atoms with Gasteiger partial charge in [0.2, 0.25) is 14.7 Å². The molecular weight excluding hydrogens is 390 g/mol. The van der Waals surface area contributed by atoms with Crippen LogP contribution in [0.3, 0.4) is 0 Å². The van der Waals surface area contributed by atoms with E-state index in [4.69, 9.17) is 4.31 Å². The molecular formula is C18H24O3P2S2. The minimum absolute atomic E-state index is 0.332. The second-order valence-electron chi connectivity index (χ2n) is 5.70. The highest BCUT2D eigenvalue weighted by atomic mass is 32.1. The van der Waals surface area contributed by atoms with Gasteiger partial charge in [-0.3, -0.25) is 13.4 Å². The molecule has 2 rings (SSSR count). The van der Waals surface area contributed by atoms with Gasteiger partial charge in [0.15, 0.2) is 0 Å². The molecule has 0 fully saturated rings. The highest BCUT2D eigenvalue weighted by molar-refractivity contribution is 7.81. The maximum Gasteiger partial charge on any atom is 0.237 e. The molecule has 0 aromatic heterocycles. The quantitative estimate of drug-likeness (QED) is 0.432. The van der Waals surface area contributed by atoms with Crippen LogP contribution in [0.2, 0.25) is 0 Å². The average Bonchev–Trinajstić information content (AvgIpc) is 2.66. The first-order chi connectivity index (χ1) is 12.0. The van der Waals surface area contributed by atoms with E-state index in [0.717, 1.165) is 0 Å². The van der Waals surface area contributed by atoms with Crippen molar-refractivity contribution in [2.75, 3.05) is 23.8 Å². The average molecular weight is 414 g/mol. The van der Waals surface area contributed by atoms with Crippen LogP contribution < -0.4 is 10.6 Å². The molecule has 136 valence electrons. The van der Waals surface area contributed by atoms with Crippen molar-refractivity contribution < 1.29 is 13.4 Å². The first kappa shape index (κ1) is 20.9. The van der Waals surface area contributed by atoms with Crippen LogP contribution in [-0.2, 0) is 13.4 Å². The Bertz CT molecular complexity index is 675. The molecule has 2 aromatic carbocycles. The fraction of sp³-hybridized carbons (Fsp3) is 0.333. The van der Waals surface area contributed by atoms with Gasteiger partial charge in [-0.05, 0) is 48.6 Å². The minimum Gasteiger partial charge on any atom is -0.287 e. The monoisotopic (exact) mass is 414 g/mol. The van der Waals surface area contributed by atoms with Crippen LogP contribution in [0.15, 0.2) is 60.7 Å². The number of rotatable bonds is 10. The van der Waals surface area contributed by atoms with Gasteiger partial charge in [-0.1, -0.05) is 36.4 Å². The van der Waals surface area contributed by atoms with Gasteiger partial charge < -0.3 is 0 Å². The number of hydrogen-bond acceptors (Lipinski definition) is 5. The van der Waals surface area contributed by atoms with E-state index < -0.39 is 14.7 Å². The SMILES string of the molecule is O=P(CCCS)(OP(=O)(CCCS)c1ccccc1)c1ccccc1. The Morgan fingerprint density at radius 2 is 1.04 bits per heavy atom. The highest BCUT2D eigenvalue weighted by Crippen LogP contribution is 2.62. The van der Waals surface area contributed by atoms with E-state index in [1.807, 2.05) is 36.4 Å². The highest BCUT2D eigenvalue weighted by Gasteiger charge is 2.36. The van der Waals surface area contributed by atoms with E-state index in [9.17, 15) is 9.13 Å². The van der Waals surface area contributed by atoms with Crippen LogP contribution in [0.4, 0.5) is 0 Å². The van der Waals surface area contributed by atoms with Crippen molar-refractivity contribution in [3.05, 3.63) is 60.7 Å². The Labute approximate surface area is 161 Å². The fourth-order valence-corrected chi connectivity index (χ4v) is 9.36. The number of benzene rings is 2. The van der Waals surface area contributed by atoms with E-state index in [1.165, 1.54) is 0 Å². The zero-order chi connectivity index (χ0) is 18.2. The third kappa shape index (κ3) is 5.77. The molecule has 0 radical (unpaired) electrons. The summed E-state index contributed by atoms with van der Waals surface area (Å²) < 4.78 is 33.4. The van der Waals surface area contributed by atoms with Gasteiger partial charge in [0.1, 0.15) is 0 Å². The summed E-state index contributed by atoms with van der Waals surface area (Å²) in [7, 11) is -6.50. The van der Waals surface area contributed by atoms with Crippen LogP contribution in [0.25, 0.3) is 0 Å². The maximum absolute atomic E-state index is 13.7. The third-order valence-electron chi connectivity index (χ3n) is 3.78. The summed E-state index contributed by atoms with van der Waals surface area (Å²) in [5.41, 5.74) is 0. The summed E-state index contributed by atoms with van der Waals surface area (Å²) in [6.07, 6.45) is 1.93. The second kappa shape index (κ2) is 10.0. The Morgan fingerprint density at radius 3 is 1.36 bits per heavy atom. The molecule has 25 heavy (non-hydrogen) atoms. The lowest BCUT2D eigenvalue weighted by Crippen LogP contribution is -2.16. The largest absolute Gasteiger partial charge is 0.287 e. The van der Waals surface area contributed by atoms with Crippen LogP contribution in [0, 0.1) is 0 Å².